The molecule has 2 fully saturated rings. The molecule has 224 valence electrons. The summed E-state index contributed by atoms with van der Waals surface area (Å²) in [4.78, 5) is 71.5. The Kier molecular flexibility index (Phi) is 9.12. The second-order valence-electron chi connectivity index (χ2n) is 10.2. The van der Waals surface area contributed by atoms with Gasteiger partial charge < -0.3 is 25.0 Å². The third kappa shape index (κ3) is 6.73. The van der Waals surface area contributed by atoms with Gasteiger partial charge in [-0.3, -0.25) is 19.2 Å². The highest BCUT2D eigenvalue weighted by molar-refractivity contribution is 7.14. The van der Waals surface area contributed by atoms with Crippen molar-refractivity contribution in [1.29, 1.82) is 0 Å². The van der Waals surface area contributed by atoms with E-state index in [1.807, 2.05) is 30.3 Å². The third-order valence-electron chi connectivity index (χ3n) is 7.35. The van der Waals surface area contributed by atoms with Gasteiger partial charge in [-0.1, -0.05) is 49.4 Å². The molecule has 2 aliphatic rings. The lowest BCUT2D eigenvalue weighted by Gasteiger charge is -2.29. The fraction of sp³-hybridized carbons (Fsp3) is 0.333. The normalized spacial score (nSPS) is 18.1. The number of hydrogen-bond acceptors (Lipinski definition) is 9. The first-order valence-electron chi connectivity index (χ1n) is 13.8. The molecule has 2 saturated heterocycles. The van der Waals surface area contributed by atoms with E-state index in [2.05, 4.69) is 15.6 Å². The number of imide groups is 1. The van der Waals surface area contributed by atoms with Gasteiger partial charge in [-0.05, 0) is 23.3 Å². The number of urea groups is 1. The minimum Gasteiger partial charge on any atom is -0.484 e. The fourth-order valence-corrected chi connectivity index (χ4v) is 5.72. The molecule has 1 aromatic heterocycles. The number of rotatable bonds is 10. The van der Waals surface area contributed by atoms with Crippen molar-refractivity contribution >= 4 is 46.0 Å². The molecule has 13 heteroatoms. The molecule has 0 bridgehead atoms. The van der Waals surface area contributed by atoms with Crippen LogP contribution in [0.1, 0.15) is 47.4 Å². The number of amides is 5. The smallest absolute Gasteiger partial charge is 0.325 e. The standard InChI is InChI=1S/C30H31N5O7S/c1-18(20-6-4-3-5-7-20)26(27(38)33-29-31-23(17-43-29)19(2)36)35-28(39)25(32-30(35)40)21-8-10-22(11-9-21)42-16-24(37)34-12-14-41-15-13-34/h3-11,17-18,25-26H,12-16H2,1-2H3,(H,32,40)(H,31,33,38)/t18-,25+,26?/m0/s1. The second-order valence-corrected chi connectivity index (χ2v) is 11.0. The van der Waals surface area contributed by atoms with Crippen molar-refractivity contribution in [3.63, 3.8) is 0 Å². The number of carbonyl (C=O) groups excluding carboxylic acids is 5. The van der Waals surface area contributed by atoms with Crippen molar-refractivity contribution in [2.24, 2.45) is 0 Å². The maximum Gasteiger partial charge on any atom is 0.325 e. The number of anilines is 1. The van der Waals surface area contributed by atoms with Crippen LogP contribution in [0.15, 0.2) is 60.0 Å². The van der Waals surface area contributed by atoms with Crippen molar-refractivity contribution in [1.82, 2.24) is 20.1 Å². The van der Waals surface area contributed by atoms with Crippen LogP contribution in [0.4, 0.5) is 9.93 Å². The number of nitrogens with zero attached hydrogens (tertiary/aromatic N) is 3. The van der Waals surface area contributed by atoms with E-state index in [4.69, 9.17) is 9.47 Å². The Morgan fingerprint density at radius 1 is 1.09 bits per heavy atom. The number of ether oxygens (including phenoxy) is 2. The van der Waals surface area contributed by atoms with Gasteiger partial charge in [0.25, 0.3) is 11.8 Å². The summed E-state index contributed by atoms with van der Waals surface area (Å²) in [6, 6.07) is 12.7. The van der Waals surface area contributed by atoms with Crippen molar-refractivity contribution in [2.45, 2.75) is 31.8 Å². The van der Waals surface area contributed by atoms with E-state index in [9.17, 15) is 24.0 Å². The zero-order valence-corrected chi connectivity index (χ0v) is 24.5. The second kappa shape index (κ2) is 13.1. The summed E-state index contributed by atoms with van der Waals surface area (Å²) in [6.07, 6.45) is 0. The van der Waals surface area contributed by atoms with Gasteiger partial charge in [-0.2, -0.15) is 0 Å². The Labute approximate surface area is 252 Å². The van der Waals surface area contributed by atoms with Crippen LogP contribution in [-0.2, 0) is 19.1 Å². The van der Waals surface area contributed by atoms with Crippen LogP contribution in [-0.4, -0.2) is 83.3 Å². The molecule has 0 saturated carbocycles. The number of thiazole rings is 1. The highest BCUT2D eigenvalue weighted by Gasteiger charge is 2.47. The van der Waals surface area contributed by atoms with E-state index in [1.165, 1.54) is 12.3 Å². The van der Waals surface area contributed by atoms with Gasteiger partial charge in [-0.25, -0.2) is 14.7 Å². The van der Waals surface area contributed by atoms with Gasteiger partial charge in [0.15, 0.2) is 17.5 Å². The predicted octanol–water partition coefficient (Wildman–Crippen LogP) is 2.99. The fourth-order valence-electron chi connectivity index (χ4n) is 4.97. The van der Waals surface area contributed by atoms with Crippen LogP contribution in [0.3, 0.4) is 0 Å². The summed E-state index contributed by atoms with van der Waals surface area (Å²) in [5.74, 6) is -1.73. The molecule has 3 aromatic rings. The number of aromatic nitrogens is 1. The molecule has 3 atom stereocenters. The van der Waals surface area contributed by atoms with Crippen molar-refractivity contribution < 1.29 is 33.4 Å². The zero-order chi connectivity index (χ0) is 30.5. The maximum atomic E-state index is 13.7. The van der Waals surface area contributed by atoms with Gasteiger partial charge in [0.1, 0.15) is 23.5 Å². The van der Waals surface area contributed by atoms with Gasteiger partial charge >= 0.3 is 6.03 Å². The maximum absolute atomic E-state index is 13.7. The van der Waals surface area contributed by atoms with E-state index in [0.29, 0.717) is 37.6 Å². The SMILES string of the molecule is CC(=O)c1csc(NC(=O)C([C@@H](C)c2ccccc2)N2C(=O)N[C@H](c3ccc(OCC(=O)N4CCOCC4)cc3)C2=O)n1. The first-order valence-corrected chi connectivity index (χ1v) is 14.6. The average Bonchev–Trinajstić information content (AvgIpc) is 3.61. The number of morpholine rings is 1. The Hall–Kier alpha value is -4.62. The van der Waals surface area contributed by atoms with Gasteiger partial charge in [0.05, 0.1) is 13.2 Å². The highest BCUT2D eigenvalue weighted by Crippen LogP contribution is 2.32. The number of hydrogen-bond donors (Lipinski definition) is 2. The molecular weight excluding hydrogens is 574 g/mol. The average molecular weight is 606 g/mol. The Balaban J connectivity index is 1.32. The number of benzene rings is 2. The molecule has 2 N–H and O–H groups in total. The molecule has 0 radical (unpaired) electrons. The van der Waals surface area contributed by atoms with E-state index in [0.717, 1.165) is 21.8 Å². The molecule has 1 unspecified atom stereocenters. The van der Waals surface area contributed by atoms with Crippen molar-refractivity contribution in [3.8, 4) is 5.75 Å². The first-order chi connectivity index (χ1) is 20.7. The quantitative estimate of drug-likeness (QED) is 0.265. The van der Waals surface area contributed by atoms with E-state index >= 15 is 0 Å². The van der Waals surface area contributed by atoms with Gasteiger partial charge in [0.2, 0.25) is 5.91 Å². The molecule has 2 aromatic carbocycles. The molecule has 0 aliphatic carbocycles. The van der Waals surface area contributed by atoms with Crippen LogP contribution in [0, 0.1) is 0 Å². The molecule has 5 rings (SSSR count). The lowest BCUT2D eigenvalue weighted by Crippen LogP contribution is -2.50. The van der Waals surface area contributed by atoms with Crippen LogP contribution < -0.4 is 15.4 Å². The van der Waals surface area contributed by atoms with Gasteiger partial charge in [0, 0.05) is 31.3 Å². The number of Topliss-reactive ketones (excluding diaryl/α,β-unsaturated/α-hetero) is 1. The number of nitrogens with one attached hydrogen (secondary N) is 2. The molecule has 3 heterocycles. The summed E-state index contributed by atoms with van der Waals surface area (Å²) < 4.78 is 10.9. The zero-order valence-electron chi connectivity index (χ0n) is 23.6. The molecule has 12 nitrogen and oxygen atoms in total. The molecular formula is C30H31N5O7S. The monoisotopic (exact) mass is 605 g/mol. The lowest BCUT2D eigenvalue weighted by atomic mass is 9.91. The summed E-state index contributed by atoms with van der Waals surface area (Å²) >= 11 is 1.08. The summed E-state index contributed by atoms with van der Waals surface area (Å²) in [6.45, 7) is 5.04. The summed E-state index contributed by atoms with van der Waals surface area (Å²) in [7, 11) is 0. The van der Waals surface area contributed by atoms with Crippen LogP contribution >= 0.6 is 11.3 Å². The predicted molar refractivity (Wildman–Crippen MR) is 157 cm³/mol. The highest BCUT2D eigenvalue weighted by atomic mass is 32.1. The molecule has 5 amide bonds. The minimum atomic E-state index is -1.21. The Morgan fingerprint density at radius 2 is 1.79 bits per heavy atom. The Morgan fingerprint density at radius 3 is 2.44 bits per heavy atom. The van der Waals surface area contributed by atoms with Crippen molar-refractivity contribution in [2.75, 3.05) is 38.2 Å². The lowest BCUT2D eigenvalue weighted by molar-refractivity contribution is -0.137. The van der Waals surface area contributed by atoms with Gasteiger partial charge in [-0.15, -0.1) is 11.3 Å². The van der Waals surface area contributed by atoms with Crippen LogP contribution in [0.2, 0.25) is 0 Å². The third-order valence-corrected chi connectivity index (χ3v) is 8.11. The number of ketones is 1. The Bertz CT molecular complexity index is 1500. The molecule has 0 spiro atoms. The molecule has 43 heavy (non-hydrogen) atoms. The summed E-state index contributed by atoms with van der Waals surface area (Å²) in [5.41, 5.74) is 1.45. The molecule has 2 aliphatic heterocycles. The van der Waals surface area contributed by atoms with Crippen LogP contribution in [0.25, 0.3) is 0 Å². The minimum absolute atomic E-state index is 0.132. The first kappa shape index (κ1) is 29.9. The van der Waals surface area contributed by atoms with E-state index in [-0.39, 0.29) is 29.1 Å². The summed E-state index contributed by atoms with van der Waals surface area (Å²) in [5, 5.41) is 7.09. The number of carbonyl (C=O) groups is 5. The van der Waals surface area contributed by atoms with E-state index < -0.39 is 35.8 Å². The van der Waals surface area contributed by atoms with Crippen LogP contribution in [0.5, 0.6) is 5.75 Å². The van der Waals surface area contributed by atoms with Crippen molar-refractivity contribution in [3.05, 3.63) is 76.8 Å². The van der Waals surface area contributed by atoms with E-state index in [1.54, 1.807) is 36.1 Å². The largest absolute Gasteiger partial charge is 0.484 e. The topological polar surface area (TPSA) is 147 Å².